The minimum Gasteiger partial charge on any atom is -0.507 e. The van der Waals surface area contributed by atoms with Crippen molar-refractivity contribution in [2.45, 2.75) is 57.8 Å². The van der Waals surface area contributed by atoms with E-state index in [2.05, 4.69) is 37.5 Å². The molecule has 3 N–H and O–H groups in total. The van der Waals surface area contributed by atoms with Gasteiger partial charge in [0.15, 0.2) is 5.78 Å². The van der Waals surface area contributed by atoms with Crippen molar-refractivity contribution in [1.29, 1.82) is 0 Å². The Morgan fingerprint density at radius 3 is 2.21 bits per heavy atom. The van der Waals surface area contributed by atoms with Crippen LogP contribution in [-0.2, 0) is 15.6 Å². The molecule has 0 aromatic heterocycles. The third kappa shape index (κ3) is 6.17. The van der Waals surface area contributed by atoms with Gasteiger partial charge in [-0.15, -0.1) is 0 Å². The molecule has 2 aromatic carbocycles. The smallest absolute Gasteiger partial charge is 0.339 e. The molecule has 8 nitrogen and oxygen atoms in total. The quantitative estimate of drug-likeness (QED) is 0.322. The number of benzene rings is 2. The number of anilines is 1. The molecule has 1 aliphatic carbocycles. The van der Waals surface area contributed by atoms with E-state index in [1.807, 2.05) is 12.1 Å². The Balaban J connectivity index is 1.68. The minimum absolute atomic E-state index is 0.0541. The van der Waals surface area contributed by atoms with Crippen LogP contribution in [-0.4, -0.2) is 70.7 Å². The van der Waals surface area contributed by atoms with Gasteiger partial charge in [-0.2, -0.15) is 0 Å². The highest BCUT2D eigenvalue weighted by atomic mass is 16.4. The van der Waals surface area contributed by atoms with Gasteiger partial charge in [0.1, 0.15) is 11.3 Å². The molecule has 4 rings (SSSR count). The summed E-state index contributed by atoms with van der Waals surface area (Å²) in [5.74, 6) is -2.52. The Morgan fingerprint density at radius 2 is 1.59 bits per heavy atom. The average Bonchev–Trinajstić information content (AvgIpc) is 2.88. The normalized spacial score (nSPS) is 18.6. The van der Waals surface area contributed by atoms with Crippen LogP contribution in [0.3, 0.4) is 0 Å². The summed E-state index contributed by atoms with van der Waals surface area (Å²) < 4.78 is 0. The number of nitrogens with zero attached hydrogens (tertiary/aromatic N) is 2. The van der Waals surface area contributed by atoms with Crippen LogP contribution >= 0.6 is 0 Å². The molecular weight excluding hydrogens is 496 g/mol. The van der Waals surface area contributed by atoms with Crippen molar-refractivity contribution in [3.05, 3.63) is 64.2 Å². The highest BCUT2D eigenvalue weighted by Gasteiger charge is 2.40. The molecule has 1 heterocycles. The first-order chi connectivity index (χ1) is 18.3. The SMILES string of the molecule is CC1(C)CCC(C)(C)c2c(N3CCN(CCC(=O)O)CC3)cc(C(=O)/C=C/c3ccc(C(=O)O)c(O)c3)cc21. The second-order valence-corrected chi connectivity index (χ2v) is 11.9. The third-order valence-electron chi connectivity index (χ3n) is 8.22. The Labute approximate surface area is 229 Å². The van der Waals surface area contributed by atoms with E-state index in [1.165, 1.54) is 29.3 Å². The second-order valence-electron chi connectivity index (χ2n) is 11.9. The van der Waals surface area contributed by atoms with Gasteiger partial charge < -0.3 is 20.2 Å². The molecular formula is C31H38N2O6. The number of carbonyl (C=O) groups is 3. The van der Waals surface area contributed by atoms with Gasteiger partial charge in [-0.05, 0) is 70.7 Å². The number of carbonyl (C=O) groups excluding carboxylic acids is 1. The maximum atomic E-state index is 13.4. The highest BCUT2D eigenvalue weighted by Crippen LogP contribution is 2.50. The van der Waals surface area contributed by atoms with Gasteiger partial charge in [-0.25, -0.2) is 4.79 Å². The van der Waals surface area contributed by atoms with Crippen LogP contribution in [0.1, 0.15) is 84.4 Å². The number of aliphatic carboxylic acids is 1. The molecule has 0 atom stereocenters. The molecule has 8 heteroatoms. The van der Waals surface area contributed by atoms with E-state index in [0.29, 0.717) is 17.7 Å². The molecule has 0 radical (unpaired) electrons. The van der Waals surface area contributed by atoms with Crippen LogP contribution in [0.15, 0.2) is 36.4 Å². The largest absolute Gasteiger partial charge is 0.507 e. The number of allylic oxidation sites excluding steroid dienone is 1. The molecule has 0 saturated carbocycles. The van der Waals surface area contributed by atoms with Gasteiger partial charge >= 0.3 is 11.9 Å². The average molecular weight is 535 g/mol. The van der Waals surface area contributed by atoms with E-state index in [1.54, 1.807) is 12.1 Å². The topological polar surface area (TPSA) is 118 Å². The molecule has 1 saturated heterocycles. The summed E-state index contributed by atoms with van der Waals surface area (Å²) in [6.45, 7) is 12.6. The van der Waals surface area contributed by atoms with E-state index >= 15 is 0 Å². The minimum atomic E-state index is -1.21. The Kier molecular flexibility index (Phi) is 7.89. The van der Waals surface area contributed by atoms with Crippen LogP contribution in [0.5, 0.6) is 5.75 Å². The summed E-state index contributed by atoms with van der Waals surface area (Å²) in [6, 6.07) is 8.23. The van der Waals surface area contributed by atoms with Crippen LogP contribution in [0, 0.1) is 0 Å². The van der Waals surface area contributed by atoms with Gasteiger partial charge in [0, 0.05) is 44.0 Å². The first-order valence-corrected chi connectivity index (χ1v) is 13.5. The van der Waals surface area contributed by atoms with Crippen LogP contribution < -0.4 is 4.90 Å². The lowest BCUT2D eigenvalue weighted by Gasteiger charge is -2.46. The molecule has 39 heavy (non-hydrogen) atoms. The lowest BCUT2D eigenvalue weighted by atomic mass is 9.62. The van der Waals surface area contributed by atoms with Crippen molar-refractivity contribution in [3.8, 4) is 5.75 Å². The van der Waals surface area contributed by atoms with E-state index in [-0.39, 0.29) is 34.3 Å². The number of carboxylic acids is 2. The third-order valence-corrected chi connectivity index (χ3v) is 8.22. The Bertz CT molecular complexity index is 1320. The zero-order chi connectivity index (χ0) is 28.5. The summed E-state index contributed by atoms with van der Waals surface area (Å²) >= 11 is 0. The summed E-state index contributed by atoms with van der Waals surface area (Å²) in [6.07, 6.45) is 5.23. The first-order valence-electron chi connectivity index (χ1n) is 13.5. The van der Waals surface area contributed by atoms with Gasteiger partial charge in [0.25, 0.3) is 0 Å². The number of fused-ring (bicyclic) bond motifs is 1. The number of phenols is 1. The maximum absolute atomic E-state index is 13.4. The number of ketones is 1. The molecule has 0 bridgehead atoms. The summed E-state index contributed by atoms with van der Waals surface area (Å²) in [4.78, 5) is 40.1. The fourth-order valence-corrected chi connectivity index (χ4v) is 5.72. The molecule has 2 aromatic rings. The highest BCUT2D eigenvalue weighted by molar-refractivity contribution is 6.08. The monoisotopic (exact) mass is 534 g/mol. The predicted molar refractivity (Wildman–Crippen MR) is 151 cm³/mol. The number of hydrogen-bond donors (Lipinski definition) is 3. The standard InChI is InChI=1S/C31H38N2O6/c1-30(2)10-11-31(3,4)28-23(30)18-21(19-24(28)33-15-13-32(14-16-33)12-9-27(36)37)25(34)8-6-20-5-7-22(29(38)39)26(35)17-20/h5-8,17-19,35H,9-16H2,1-4H3,(H,36,37)(H,38,39)/b8-6+. The van der Waals surface area contributed by atoms with E-state index < -0.39 is 11.9 Å². The second kappa shape index (κ2) is 10.8. The molecule has 208 valence electrons. The van der Waals surface area contributed by atoms with Crippen molar-refractivity contribution in [3.63, 3.8) is 0 Å². The van der Waals surface area contributed by atoms with Gasteiger partial charge in [-0.1, -0.05) is 39.8 Å². The predicted octanol–water partition coefficient (Wildman–Crippen LogP) is 4.93. The molecule has 0 amide bonds. The number of aromatic hydroxyl groups is 1. The van der Waals surface area contributed by atoms with E-state index in [4.69, 9.17) is 10.2 Å². The fourth-order valence-electron chi connectivity index (χ4n) is 5.72. The molecule has 1 aliphatic heterocycles. The van der Waals surface area contributed by atoms with Crippen molar-refractivity contribution < 1.29 is 29.7 Å². The van der Waals surface area contributed by atoms with Gasteiger partial charge in [-0.3, -0.25) is 14.5 Å². The number of carboxylic acid groups (broad SMARTS) is 2. The maximum Gasteiger partial charge on any atom is 0.339 e. The molecule has 0 spiro atoms. The Morgan fingerprint density at radius 1 is 0.923 bits per heavy atom. The fraction of sp³-hybridized carbons (Fsp3) is 0.452. The zero-order valence-electron chi connectivity index (χ0n) is 23.2. The summed E-state index contributed by atoms with van der Waals surface area (Å²) in [5, 5.41) is 28.2. The van der Waals surface area contributed by atoms with Crippen molar-refractivity contribution in [1.82, 2.24) is 4.90 Å². The number of rotatable bonds is 8. The zero-order valence-corrected chi connectivity index (χ0v) is 23.2. The lowest BCUT2D eigenvalue weighted by molar-refractivity contribution is -0.137. The van der Waals surface area contributed by atoms with E-state index in [0.717, 1.165) is 44.7 Å². The van der Waals surface area contributed by atoms with Crippen LogP contribution in [0.25, 0.3) is 6.08 Å². The molecule has 2 aliphatic rings. The lowest BCUT2D eigenvalue weighted by Crippen LogP contribution is -2.48. The van der Waals surface area contributed by atoms with Crippen molar-refractivity contribution >= 4 is 29.5 Å². The Hall–Kier alpha value is -3.65. The van der Waals surface area contributed by atoms with Crippen molar-refractivity contribution in [2.24, 2.45) is 0 Å². The summed E-state index contributed by atoms with van der Waals surface area (Å²) in [5.41, 5.74) is 4.32. The van der Waals surface area contributed by atoms with Crippen LogP contribution in [0.2, 0.25) is 0 Å². The van der Waals surface area contributed by atoms with Crippen molar-refractivity contribution in [2.75, 3.05) is 37.6 Å². The number of aromatic carboxylic acids is 1. The number of piperazine rings is 1. The van der Waals surface area contributed by atoms with Crippen LogP contribution in [0.4, 0.5) is 5.69 Å². The van der Waals surface area contributed by atoms with Gasteiger partial charge in [0.05, 0.1) is 6.42 Å². The first kappa shape index (κ1) is 28.4. The van der Waals surface area contributed by atoms with E-state index in [9.17, 15) is 19.5 Å². The molecule has 0 unspecified atom stereocenters. The molecule has 1 fully saturated rings. The van der Waals surface area contributed by atoms with Gasteiger partial charge in [0.2, 0.25) is 0 Å². The number of hydrogen-bond acceptors (Lipinski definition) is 6. The summed E-state index contributed by atoms with van der Waals surface area (Å²) in [7, 11) is 0.